The summed E-state index contributed by atoms with van der Waals surface area (Å²) in [6.45, 7) is 2.31. The highest BCUT2D eigenvalue weighted by Crippen LogP contribution is 2.27. The van der Waals surface area contributed by atoms with Gasteiger partial charge in [-0.15, -0.1) is 0 Å². The Labute approximate surface area is 224 Å². The summed E-state index contributed by atoms with van der Waals surface area (Å²) in [4.78, 5) is 32.4. The van der Waals surface area contributed by atoms with Crippen LogP contribution in [0.1, 0.15) is 23.7 Å². The minimum Gasteiger partial charge on any atom is -0.350 e. The molecule has 2 aromatic carbocycles. The number of Topliss-reactive ketones (excluding diaryl/α,β-unsaturated/α-hetero) is 1. The van der Waals surface area contributed by atoms with E-state index in [1.807, 2.05) is 0 Å². The average molecular weight is 563 g/mol. The lowest BCUT2D eigenvalue weighted by Gasteiger charge is -2.10. The van der Waals surface area contributed by atoms with Gasteiger partial charge in [0.2, 0.25) is 0 Å². The standard InChI is InChI=1S/C23H20ClFN6O2S3/c1-13(32)6-9-35-22-30-31(23(34)36-22)8-7-26-21(33)14-2-5-19-16(10-14)20(28-12-27-19)29-15-3-4-18(25)17(24)11-15/h2-5,10-12H,6-9H2,1H3,(H,26,33)(H,27,28,29). The summed E-state index contributed by atoms with van der Waals surface area (Å²) in [5.74, 6) is 0.465. The summed E-state index contributed by atoms with van der Waals surface area (Å²) in [7, 11) is 0. The molecule has 0 fully saturated rings. The molecule has 0 spiro atoms. The molecule has 0 radical (unpaired) electrons. The van der Waals surface area contributed by atoms with Gasteiger partial charge in [0.1, 0.15) is 23.7 Å². The van der Waals surface area contributed by atoms with Crippen LogP contribution >= 0.6 is 46.9 Å². The average Bonchev–Trinajstić information content (AvgIpc) is 3.20. The van der Waals surface area contributed by atoms with Gasteiger partial charge in [0.15, 0.2) is 8.29 Å². The Hall–Kier alpha value is -2.93. The smallest absolute Gasteiger partial charge is 0.251 e. The Morgan fingerprint density at radius 1 is 1.22 bits per heavy atom. The first-order valence-electron chi connectivity index (χ1n) is 10.8. The van der Waals surface area contributed by atoms with Gasteiger partial charge in [0.05, 0.1) is 17.1 Å². The number of carbonyl (C=O) groups is 2. The first kappa shape index (κ1) is 26.1. The lowest BCUT2D eigenvalue weighted by atomic mass is 10.1. The van der Waals surface area contributed by atoms with Crippen molar-refractivity contribution in [3.05, 3.63) is 63.1 Å². The third-order valence-corrected chi connectivity index (χ3v) is 7.69. The fourth-order valence-electron chi connectivity index (χ4n) is 3.15. The molecular weight excluding hydrogens is 543 g/mol. The van der Waals surface area contributed by atoms with E-state index in [-0.39, 0.29) is 16.7 Å². The van der Waals surface area contributed by atoms with Crippen LogP contribution < -0.4 is 10.6 Å². The third kappa shape index (κ3) is 6.64. The fraction of sp³-hybridized carbons (Fsp3) is 0.217. The van der Waals surface area contributed by atoms with Crippen molar-refractivity contribution in [3.8, 4) is 0 Å². The number of rotatable bonds is 10. The molecule has 1 amide bonds. The molecule has 4 aromatic rings. The lowest BCUT2D eigenvalue weighted by molar-refractivity contribution is -0.116. The van der Waals surface area contributed by atoms with Gasteiger partial charge in [0.25, 0.3) is 5.91 Å². The van der Waals surface area contributed by atoms with Crippen molar-refractivity contribution < 1.29 is 14.0 Å². The molecule has 0 aliphatic carbocycles. The fourth-order valence-corrected chi connectivity index (χ4v) is 5.83. The molecule has 2 aromatic heterocycles. The van der Waals surface area contributed by atoms with Crippen LogP contribution in [0.25, 0.3) is 10.9 Å². The maximum absolute atomic E-state index is 13.5. The summed E-state index contributed by atoms with van der Waals surface area (Å²) in [6, 6.07) is 9.36. The van der Waals surface area contributed by atoms with Crippen molar-refractivity contribution in [2.45, 2.75) is 24.2 Å². The number of hydrogen-bond donors (Lipinski definition) is 2. The largest absolute Gasteiger partial charge is 0.350 e. The third-order valence-electron chi connectivity index (χ3n) is 4.96. The van der Waals surface area contributed by atoms with Crippen molar-refractivity contribution in [3.63, 3.8) is 0 Å². The zero-order valence-corrected chi connectivity index (χ0v) is 22.2. The van der Waals surface area contributed by atoms with E-state index in [1.54, 1.807) is 35.9 Å². The number of benzene rings is 2. The number of fused-ring (bicyclic) bond motifs is 1. The minimum absolute atomic E-state index is 0.0135. The number of halogens is 2. The topological polar surface area (TPSA) is 102 Å². The normalized spacial score (nSPS) is 11.0. The molecule has 0 unspecified atom stereocenters. The van der Waals surface area contributed by atoms with Gasteiger partial charge in [-0.1, -0.05) is 34.7 Å². The molecule has 186 valence electrons. The van der Waals surface area contributed by atoms with Crippen molar-refractivity contribution in [2.24, 2.45) is 0 Å². The Kier molecular flexibility index (Phi) is 8.62. The molecule has 0 saturated heterocycles. The molecule has 0 aliphatic heterocycles. The summed E-state index contributed by atoms with van der Waals surface area (Å²) < 4.78 is 16.6. The summed E-state index contributed by atoms with van der Waals surface area (Å²) in [5.41, 5.74) is 1.62. The Morgan fingerprint density at radius 2 is 2.06 bits per heavy atom. The molecule has 13 heteroatoms. The molecule has 8 nitrogen and oxygen atoms in total. The SMILES string of the molecule is CC(=O)CCSc1nn(CCNC(=O)c2ccc3ncnc(Nc4ccc(F)c(Cl)c4)c3c2)c(=S)s1. The van der Waals surface area contributed by atoms with Crippen LogP contribution in [-0.4, -0.2) is 43.7 Å². The van der Waals surface area contributed by atoms with E-state index in [9.17, 15) is 14.0 Å². The van der Waals surface area contributed by atoms with Crippen LogP contribution in [0.15, 0.2) is 47.1 Å². The van der Waals surface area contributed by atoms with E-state index in [4.69, 9.17) is 23.8 Å². The predicted octanol–water partition coefficient (Wildman–Crippen LogP) is 5.65. The van der Waals surface area contributed by atoms with Crippen molar-refractivity contribution in [1.29, 1.82) is 0 Å². The number of hydrogen-bond acceptors (Lipinski definition) is 9. The number of aromatic nitrogens is 4. The van der Waals surface area contributed by atoms with Crippen LogP contribution in [0.3, 0.4) is 0 Å². The first-order chi connectivity index (χ1) is 17.3. The molecule has 0 saturated carbocycles. The highest BCUT2D eigenvalue weighted by Gasteiger charge is 2.12. The number of amides is 1. The molecule has 4 rings (SSSR count). The molecule has 0 atom stereocenters. The second kappa shape index (κ2) is 11.9. The highest BCUT2D eigenvalue weighted by molar-refractivity contribution is 8.01. The Bertz CT molecular complexity index is 1490. The van der Waals surface area contributed by atoms with Gasteiger partial charge in [-0.2, -0.15) is 5.10 Å². The number of carbonyl (C=O) groups excluding carboxylic acids is 2. The van der Waals surface area contributed by atoms with Crippen molar-refractivity contribution in [1.82, 2.24) is 25.1 Å². The zero-order chi connectivity index (χ0) is 25.7. The zero-order valence-electron chi connectivity index (χ0n) is 19.0. The van der Waals surface area contributed by atoms with Crippen molar-refractivity contribution >= 4 is 81.0 Å². The molecule has 2 heterocycles. The van der Waals surface area contributed by atoms with Gasteiger partial charge in [0, 0.05) is 35.4 Å². The number of nitrogens with zero attached hydrogens (tertiary/aromatic N) is 4. The molecule has 2 N–H and O–H groups in total. The summed E-state index contributed by atoms with van der Waals surface area (Å²) >= 11 is 14.1. The number of ketones is 1. The monoisotopic (exact) mass is 562 g/mol. The first-order valence-corrected chi connectivity index (χ1v) is 13.3. The maximum Gasteiger partial charge on any atom is 0.251 e. The summed E-state index contributed by atoms with van der Waals surface area (Å²) in [5, 5.41) is 11.0. The van der Waals surface area contributed by atoms with E-state index >= 15 is 0 Å². The predicted molar refractivity (Wildman–Crippen MR) is 144 cm³/mol. The van der Waals surface area contributed by atoms with Gasteiger partial charge >= 0.3 is 0 Å². The number of nitrogens with one attached hydrogen (secondary N) is 2. The van der Waals surface area contributed by atoms with Gasteiger partial charge in [-0.25, -0.2) is 19.0 Å². The summed E-state index contributed by atoms with van der Waals surface area (Å²) in [6.07, 6.45) is 1.89. The van der Waals surface area contributed by atoms with Crippen LogP contribution in [0.5, 0.6) is 0 Å². The van der Waals surface area contributed by atoms with Crippen LogP contribution in [0.2, 0.25) is 5.02 Å². The van der Waals surface area contributed by atoms with E-state index in [0.29, 0.717) is 57.2 Å². The highest BCUT2D eigenvalue weighted by atomic mass is 35.5. The number of anilines is 2. The van der Waals surface area contributed by atoms with E-state index in [1.165, 1.54) is 41.6 Å². The number of thioether (sulfide) groups is 1. The Morgan fingerprint density at radius 3 is 2.83 bits per heavy atom. The second-order valence-corrected chi connectivity index (χ2v) is 11.0. The van der Waals surface area contributed by atoms with E-state index in [0.717, 1.165) is 4.34 Å². The second-order valence-electron chi connectivity index (χ2n) is 7.62. The molecular formula is C23H20ClFN6O2S3. The van der Waals surface area contributed by atoms with Crippen LogP contribution in [-0.2, 0) is 11.3 Å². The van der Waals surface area contributed by atoms with E-state index in [2.05, 4.69) is 25.7 Å². The van der Waals surface area contributed by atoms with Crippen LogP contribution in [0, 0.1) is 9.77 Å². The maximum atomic E-state index is 13.5. The minimum atomic E-state index is -0.518. The van der Waals surface area contributed by atoms with Crippen molar-refractivity contribution in [2.75, 3.05) is 17.6 Å². The molecule has 0 aliphatic rings. The Balaban J connectivity index is 1.41. The van der Waals surface area contributed by atoms with E-state index < -0.39 is 5.82 Å². The molecule has 36 heavy (non-hydrogen) atoms. The van der Waals surface area contributed by atoms with Gasteiger partial charge < -0.3 is 10.6 Å². The quantitative estimate of drug-likeness (QED) is 0.189. The van der Waals surface area contributed by atoms with Gasteiger partial charge in [-0.3, -0.25) is 9.59 Å². The molecule has 0 bridgehead atoms. The van der Waals surface area contributed by atoms with Gasteiger partial charge in [-0.05, 0) is 55.5 Å². The lowest BCUT2D eigenvalue weighted by Crippen LogP contribution is -2.27. The van der Waals surface area contributed by atoms with Crippen LogP contribution in [0.4, 0.5) is 15.9 Å².